The maximum Gasteiger partial charge on any atom is 0.335 e. The van der Waals surface area contributed by atoms with Crippen molar-refractivity contribution in [2.45, 2.75) is 32.3 Å². The monoisotopic (exact) mass is 250 g/mol. The largest absolute Gasteiger partial charge is 0.491 e. The summed E-state index contributed by atoms with van der Waals surface area (Å²) >= 11 is 0. The van der Waals surface area contributed by atoms with Crippen molar-refractivity contribution in [2.24, 2.45) is 0 Å². The second kappa shape index (κ2) is 5.87. The number of benzene rings is 1. The number of ether oxygens (including phenoxy) is 2. The van der Waals surface area contributed by atoms with E-state index in [0.29, 0.717) is 12.4 Å². The van der Waals surface area contributed by atoms with E-state index in [9.17, 15) is 4.79 Å². The summed E-state index contributed by atoms with van der Waals surface area (Å²) in [7, 11) is 0. The summed E-state index contributed by atoms with van der Waals surface area (Å²) in [5, 5.41) is 8.94. The molecule has 1 fully saturated rings. The molecular weight excluding hydrogens is 232 g/mol. The fourth-order valence-corrected chi connectivity index (χ4v) is 2.01. The summed E-state index contributed by atoms with van der Waals surface area (Å²) in [6.45, 7) is 3.19. The van der Waals surface area contributed by atoms with Crippen molar-refractivity contribution in [1.29, 1.82) is 0 Å². The second-order valence-electron chi connectivity index (χ2n) is 4.59. The van der Waals surface area contributed by atoms with Gasteiger partial charge in [0.05, 0.1) is 11.7 Å². The fourth-order valence-electron chi connectivity index (χ4n) is 2.01. The maximum atomic E-state index is 10.9. The molecule has 1 aromatic carbocycles. The summed E-state index contributed by atoms with van der Waals surface area (Å²) in [6, 6.07) is 4.92. The zero-order valence-corrected chi connectivity index (χ0v) is 10.5. The van der Waals surface area contributed by atoms with Crippen LogP contribution >= 0.6 is 0 Å². The average molecular weight is 250 g/mol. The van der Waals surface area contributed by atoms with Crippen molar-refractivity contribution in [2.75, 3.05) is 13.2 Å². The van der Waals surface area contributed by atoms with E-state index in [1.807, 2.05) is 6.92 Å². The first-order valence-electron chi connectivity index (χ1n) is 6.25. The standard InChI is InChI=1S/C14H18O4/c1-10-5-6-11(14(15)16)8-13(10)18-9-12-4-2-3-7-17-12/h5-6,8,12H,2-4,7,9H2,1H3,(H,15,16). The van der Waals surface area contributed by atoms with Gasteiger partial charge in [-0.2, -0.15) is 0 Å². The van der Waals surface area contributed by atoms with E-state index in [1.54, 1.807) is 18.2 Å². The van der Waals surface area contributed by atoms with Crippen LogP contribution in [0, 0.1) is 6.92 Å². The molecule has 1 aliphatic heterocycles. The van der Waals surface area contributed by atoms with Crippen molar-refractivity contribution in [1.82, 2.24) is 0 Å². The third-order valence-corrected chi connectivity index (χ3v) is 3.13. The van der Waals surface area contributed by atoms with Crippen LogP contribution in [0.5, 0.6) is 5.75 Å². The Morgan fingerprint density at radius 1 is 1.50 bits per heavy atom. The lowest BCUT2D eigenvalue weighted by atomic mass is 10.1. The first-order chi connectivity index (χ1) is 8.66. The van der Waals surface area contributed by atoms with E-state index in [0.717, 1.165) is 25.0 Å². The summed E-state index contributed by atoms with van der Waals surface area (Å²) < 4.78 is 11.3. The normalized spacial score (nSPS) is 19.5. The molecule has 1 N–H and O–H groups in total. The van der Waals surface area contributed by atoms with Crippen molar-refractivity contribution in [3.05, 3.63) is 29.3 Å². The molecule has 0 aliphatic carbocycles. The summed E-state index contributed by atoms with van der Waals surface area (Å²) in [5.74, 6) is -0.308. The van der Waals surface area contributed by atoms with E-state index in [1.165, 1.54) is 6.42 Å². The molecule has 1 saturated heterocycles. The summed E-state index contributed by atoms with van der Waals surface area (Å²) in [5.41, 5.74) is 1.19. The molecule has 0 bridgehead atoms. The Morgan fingerprint density at radius 2 is 2.33 bits per heavy atom. The lowest BCUT2D eigenvalue weighted by Crippen LogP contribution is -2.26. The molecule has 2 rings (SSSR count). The Morgan fingerprint density at radius 3 is 3.00 bits per heavy atom. The molecule has 0 radical (unpaired) electrons. The molecule has 0 saturated carbocycles. The number of carboxylic acids is 1. The topological polar surface area (TPSA) is 55.8 Å². The fraction of sp³-hybridized carbons (Fsp3) is 0.500. The molecule has 1 unspecified atom stereocenters. The van der Waals surface area contributed by atoms with Gasteiger partial charge in [0.25, 0.3) is 0 Å². The molecule has 0 amide bonds. The Bertz CT molecular complexity index is 422. The van der Waals surface area contributed by atoms with Gasteiger partial charge in [-0.05, 0) is 43.9 Å². The SMILES string of the molecule is Cc1ccc(C(=O)O)cc1OCC1CCCCO1. The van der Waals surface area contributed by atoms with Crippen molar-refractivity contribution in [3.63, 3.8) is 0 Å². The zero-order valence-electron chi connectivity index (χ0n) is 10.5. The van der Waals surface area contributed by atoms with Gasteiger partial charge in [0.1, 0.15) is 12.4 Å². The Kier molecular flexibility index (Phi) is 4.20. The van der Waals surface area contributed by atoms with Gasteiger partial charge in [-0.25, -0.2) is 4.79 Å². The number of aryl methyl sites for hydroxylation is 1. The van der Waals surface area contributed by atoms with E-state index in [-0.39, 0.29) is 11.7 Å². The smallest absolute Gasteiger partial charge is 0.335 e. The quantitative estimate of drug-likeness (QED) is 0.892. The molecular formula is C14H18O4. The van der Waals surface area contributed by atoms with Crippen LogP contribution in [0.25, 0.3) is 0 Å². The highest BCUT2D eigenvalue weighted by molar-refractivity contribution is 5.88. The molecule has 0 spiro atoms. The number of hydrogen-bond donors (Lipinski definition) is 1. The third kappa shape index (κ3) is 3.23. The van der Waals surface area contributed by atoms with Gasteiger partial charge in [0.15, 0.2) is 0 Å². The molecule has 1 aliphatic rings. The second-order valence-corrected chi connectivity index (χ2v) is 4.59. The van der Waals surface area contributed by atoms with Gasteiger partial charge in [0.2, 0.25) is 0 Å². The highest BCUT2D eigenvalue weighted by atomic mass is 16.5. The van der Waals surface area contributed by atoms with Crippen LogP contribution in [0.1, 0.15) is 35.2 Å². The highest BCUT2D eigenvalue weighted by Gasteiger charge is 2.15. The van der Waals surface area contributed by atoms with Crippen molar-refractivity contribution in [3.8, 4) is 5.75 Å². The van der Waals surface area contributed by atoms with Crippen LogP contribution in [0.4, 0.5) is 0 Å². The van der Waals surface area contributed by atoms with Crippen molar-refractivity contribution >= 4 is 5.97 Å². The molecule has 0 aromatic heterocycles. The van der Waals surface area contributed by atoms with E-state index >= 15 is 0 Å². The zero-order chi connectivity index (χ0) is 13.0. The minimum atomic E-state index is -0.936. The lowest BCUT2D eigenvalue weighted by Gasteiger charge is -2.23. The molecule has 1 heterocycles. The van der Waals surface area contributed by atoms with Gasteiger partial charge in [-0.3, -0.25) is 0 Å². The van der Waals surface area contributed by atoms with Gasteiger partial charge in [-0.15, -0.1) is 0 Å². The van der Waals surface area contributed by atoms with Crippen LogP contribution in [-0.2, 0) is 4.74 Å². The predicted molar refractivity (Wildman–Crippen MR) is 67.2 cm³/mol. The predicted octanol–water partition coefficient (Wildman–Crippen LogP) is 2.64. The van der Waals surface area contributed by atoms with Gasteiger partial charge in [0, 0.05) is 6.61 Å². The first kappa shape index (κ1) is 12.9. The minimum absolute atomic E-state index is 0.131. The Labute approximate surface area is 107 Å². The number of carboxylic acid groups (broad SMARTS) is 1. The Balaban J connectivity index is 1.99. The molecule has 4 heteroatoms. The molecule has 1 atom stereocenters. The van der Waals surface area contributed by atoms with Gasteiger partial charge >= 0.3 is 5.97 Å². The highest BCUT2D eigenvalue weighted by Crippen LogP contribution is 2.21. The van der Waals surface area contributed by atoms with E-state index < -0.39 is 5.97 Å². The lowest BCUT2D eigenvalue weighted by molar-refractivity contribution is -0.0112. The Hall–Kier alpha value is -1.55. The van der Waals surface area contributed by atoms with Gasteiger partial charge in [-0.1, -0.05) is 6.07 Å². The van der Waals surface area contributed by atoms with Crippen LogP contribution in [-0.4, -0.2) is 30.4 Å². The summed E-state index contributed by atoms with van der Waals surface area (Å²) in [6.07, 6.45) is 3.43. The van der Waals surface area contributed by atoms with Crippen LogP contribution < -0.4 is 4.74 Å². The van der Waals surface area contributed by atoms with Crippen LogP contribution in [0.3, 0.4) is 0 Å². The number of carbonyl (C=O) groups is 1. The van der Waals surface area contributed by atoms with Crippen LogP contribution in [0.15, 0.2) is 18.2 Å². The van der Waals surface area contributed by atoms with E-state index in [4.69, 9.17) is 14.6 Å². The number of aromatic carboxylic acids is 1. The summed E-state index contributed by atoms with van der Waals surface area (Å²) in [4.78, 5) is 10.9. The molecule has 98 valence electrons. The number of rotatable bonds is 4. The first-order valence-corrected chi connectivity index (χ1v) is 6.25. The van der Waals surface area contributed by atoms with Crippen LogP contribution in [0.2, 0.25) is 0 Å². The van der Waals surface area contributed by atoms with E-state index in [2.05, 4.69) is 0 Å². The van der Waals surface area contributed by atoms with Crippen molar-refractivity contribution < 1.29 is 19.4 Å². The van der Waals surface area contributed by atoms with Gasteiger partial charge < -0.3 is 14.6 Å². The molecule has 4 nitrogen and oxygen atoms in total. The third-order valence-electron chi connectivity index (χ3n) is 3.13. The average Bonchev–Trinajstić information content (AvgIpc) is 2.38. The number of hydrogen-bond acceptors (Lipinski definition) is 3. The molecule has 18 heavy (non-hydrogen) atoms. The minimum Gasteiger partial charge on any atom is -0.491 e. The maximum absolute atomic E-state index is 10.9. The molecule has 1 aromatic rings.